The maximum atomic E-state index is 12.3. The Balaban J connectivity index is 3.89. The second-order valence-corrected chi connectivity index (χ2v) is 1.47. The van der Waals surface area contributed by atoms with Crippen LogP contribution in [-0.2, 0) is 9.53 Å². The molecule has 0 bridgehead atoms. The Morgan fingerprint density at radius 2 is 2.36 bits per heavy atom. The van der Waals surface area contributed by atoms with E-state index in [1.165, 1.54) is 19.4 Å². The van der Waals surface area contributed by atoms with Crippen LogP contribution in [0.4, 0.5) is 4.39 Å². The third-order valence-corrected chi connectivity index (χ3v) is 0.707. The summed E-state index contributed by atoms with van der Waals surface area (Å²) in [5.41, 5.74) is 0. The van der Waals surface area contributed by atoms with Crippen LogP contribution >= 0.6 is 0 Å². The van der Waals surface area contributed by atoms with E-state index in [0.717, 1.165) is 12.3 Å². The number of nitrogens with zero attached hydrogens (tertiary/aromatic N) is 1. The van der Waals surface area contributed by atoms with Crippen LogP contribution in [0.3, 0.4) is 0 Å². The maximum absolute atomic E-state index is 12.3. The van der Waals surface area contributed by atoms with Crippen LogP contribution in [0.25, 0.3) is 0 Å². The molecule has 11 heavy (non-hydrogen) atoms. The predicted octanol–water partition coefficient (Wildman–Crippen LogP) is 1.23. The number of hydrogen-bond donors (Lipinski definition) is 0. The van der Waals surface area contributed by atoms with Gasteiger partial charge in [-0.05, 0) is 12.2 Å². The molecule has 0 aliphatic rings. The molecule has 0 saturated heterocycles. The molecule has 0 aliphatic heterocycles. The van der Waals surface area contributed by atoms with Gasteiger partial charge in [-0.25, -0.2) is 4.99 Å². The molecule has 0 aromatic rings. The zero-order valence-electron chi connectivity index (χ0n) is 6.03. The third-order valence-electron chi connectivity index (χ3n) is 0.707. The van der Waals surface area contributed by atoms with Gasteiger partial charge in [0.15, 0.2) is 6.29 Å². The van der Waals surface area contributed by atoms with Gasteiger partial charge in [-0.1, -0.05) is 0 Å². The first kappa shape index (κ1) is 9.55. The lowest BCUT2D eigenvalue weighted by molar-refractivity contribution is -0.102. The van der Waals surface area contributed by atoms with E-state index in [2.05, 4.69) is 9.73 Å². The Labute approximate surface area is 63.9 Å². The van der Waals surface area contributed by atoms with Crippen molar-refractivity contribution < 1.29 is 13.9 Å². The highest BCUT2D eigenvalue weighted by molar-refractivity contribution is 6.13. The minimum absolute atomic E-state index is 0.396. The number of rotatable bonds is 4. The summed E-state index contributed by atoms with van der Waals surface area (Å²) in [7, 11) is 1.44. The summed E-state index contributed by atoms with van der Waals surface area (Å²) in [6.45, 7) is 0. The molecule has 0 N–H and O–H groups in total. The van der Waals surface area contributed by atoms with Crippen molar-refractivity contribution in [3.8, 4) is 0 Å². The highest BCUT2D eigenvalue weighted by atomic mass is 19.1. The van der Waals surface area contributed by atoms with Gasteiger partial charge in [-0.3, -0.25) is 4.79 Å². The number of aliphatic imine (C=N–C) groups is 1. The normalized spacial score (nSPS) is 12.7. The second-order valence-electron chi connectivity index (χ2n) is 1.47. The van der Waals surface area contributed by atoms with E-state index >= 15 is 0 Å². The fourth-order valence-corrected chi connectivity index (χ4v) is 0.342. The van der Waals surface area contributed by atoms with Crippen molar-refractivity contribution >= 4 is 12.5 Å². The zero-order chi connectivity index (χ0) is 8.53. The molecule has 0 aromatic heterocycles. The van der Waals surface area contributed by atoms with E-state index in [1.54, 1.807) is 0 Å². The number of halogens is 1. The van der Waals surface area contributed by atoms with Crippen molar-refractivity contribution in [2.24, 2.45) is 4.99 Å². The van der Waals surface area contributed by atoms with Gasteiger partial charge in [0, 0.05) is 0 Å². The van der Waals surface area contributed by atoms with E-state index in [1.807, 2.05) is 0 Å². The minimum Gasteiger partial charge on any atom is -0.504 e. The fourth-order valence-electron chi connectivity index (χ4n) is 0.342. The number of carbonyl (C=O) groups is 1. The van der Waals surface area contributed by atoms with Crippen LogP contribution in [0.5, 0.6) is 0 Å². The highest BCUT2D eigenvalue weighted by Crippen LogP contribution is 1.96. The second kappa shape index (κ2) is 6.67. The summed E-state index contributed by atoms with van der Waals surface area (Å²) < 4.78 is 16.8. The molecule has 0 heterocycles. The average Bonchev–Trinajstić information content (AvgIpc) is 2.01. The molecule has 0 spiro atoms. The summed E-state index contributed by atoms with van der Waals surface area (Å²) in [6, 6.07) is 0. The summed E-state index contributed by atoms with van der Waals surface area (Å²) in [5.74, 6) is -0.745. The smallest absolute Gasteiger partial charge is 0.213 e. The molecule has 0 saturated carbocycles. The van der Waals surface area contributed by atoms with Crippen LogP contribution in [0, 0.1) is 0 Å². The molecule has 0 aromatic carbocycles. The lowest BCUT2D eigenvalue weighted by Gasteiger charge is -1.82. The first-order chi connectivity index (χ1) is 5.31. The van der Waals surface area contributed by atoms with E-state index < -0.39 is 5.95 Å². The lowest BCUT2D eigenvalue weighted by atomic mass is 10.6. The molecular formula is C7H8FNO2. The number of hydrogen-bond acceptors (Lipinski definition) is 3. The first-order valence-electron chi connectivity index (χ1n) is 2.84. The van der Waals surface area contributed by atoms with Gasteiger partial charge >= 0.3 is 0 Å². The summed E-state index contributed by atoms with van der Waals surface area (Å²) in [5, 5.41) is 0. The number of aldehydes is 1. The fraction of sp³-hybridized carbons (Fsp3) is 0.143. The molecule has 0 rings (SSSR count). The van der Waals surface area contributed by atoms with Gasteiger partial charge in [0.25, 0.3) is 0 Å². The number of allylic oxidation sites excluding steroid dienone is 2. The van der Waals surface area contributed by atoms with Gasteiger partial charge in [-0.2, -0.15) is 4.39 Å². The quantitative estimate of drug-likeness (QED) is 0.202. The molecule has 0 fully saturated rings. The van der Waals surface area contributed by atoms with E-state index in [9.17, 15) is 9.18 Å². The Morgan fingerprint density at radius 3 is 2.91 bits per heavy atom. The molecular weight excluding hydrogens is 149 g/mol. The Morgan fingerprint density at radius 1 is 1.64 bits per heavy atom. The third kappa shape index (κ3) is 6.44. The first-order valence-corrected chi connectivity index (χ1v) is 2.84. The van der Waals surface area contributed by atoms with Crippen LogP contribution in [0.15, 0.2) is 29.4 Å². The van der Waals surface area contributed by atoms with Crippen molar-refractivity contribution in [3.63, 3.8) is 0 Å². The van der Waals surface area contributed by atoms with Crippen LogP contribution in [-0.4, -0.2) is 19.6 Å². The lowest BCUT2D eigenvalue weighted by Crippen LogP contribution is -1.73. The molecule has 60 valence electrons. The molecule has 0 aliphatic carbocycles. The van der Waals surface area contributed by atoms with Crippen molar-refractivity contribution in [3.05, 3.63) is 24.4 Å². The molecule has 0 atom stereocenters. The van der Waals surface area contributed by atoms with Gasteiger partial charge in [0.1, 0.15) is 0 Å². The summed E-state index contributed by atoms with van der Waals surface area (Å²) in [6.07, 6.45) is 4.91. The highest BCUT2D eigenvalue weighted by Gasteiger charge is 1.82. The minimum atomic E-state index is -0.745. The monoisotopic (exact) mass is 157 g/mol. The predicted molar refractivity (Wildman–Crippen MR) is 39.9 cm³/mol. The van der Waals surface area contributed by atoms with Crippen LogP contribution < -0.4 is 0 Å². The maximum Gasteiger partial charge on any atom is 0.213 e. The Hall–Kier alpha value is -1.45. The molecule has 0 amide bonds. The van der Waals surface area contributed by atoms with Crippen molar-refractivity contribution in [1.82, 2.24) is 0 Å². The Kier molecular flexibility index (Phi) is 5.79. The van der Waals surface area contributed by atoms with Gasteiger partial charge in [0.05, 0.1) is 19.6 Å². The molecule has 3 nitrogen and oxygen atoms in total. The summed E-state index contributed by atoms with van der Waals surface area (Å²) in [4.78, 5) is 12.8. The average molecular weight is 157 g/mol. The van der Waals surface area contributed by atoms with Crippen LogP contribution in [0.2, 0.25) is 0 Å². The Bertz CT molecular complexity index is 197. The topological polar surface area (TPSA) is 38.7 Å². The van der Waals surface area contributed by atoms with Crippen molar-refractivity contribution in [1.29, 1.82) is 0 Å². The van der Waals surface area contributed by atoms with E-state index in [4.69, 9.17) is 0 Å². The van der Waals surface area contributed by atoms with Crippen molar-refractivity contribution in [2.75, 3.05) is 7.11 Å². The van der Waals surface area contributed by atoms with Crippen molar-refractivity contribution in [2.45, 2.75) is 0 Å². The number of methoxy groups -OCH3 is 1. The largest absolute Gasteiger partial charge is 0.504 e. The number of carbonyl (C=O) groups excluding carboxylic acids is 1. The van der Waals surface area contributed by atoms with Gasteiger partial charge in [0.2, 0.25) is 5.95 Å². The van der Waals surface area contributed by atoms with E-state index in [0.29, 0.717) is 6.29 Å². The zero-order valence-corrected chi connectivity index (χ0v) is 6.03. The molecule has 0 unspecified atom stereocenters. The molecule has 4 heteroatoms. The number of ether oxygens (including phenoxy) is 1. The standard InChI is InChI=1S/C7H8FNO2/c1-11-6-2-3-7(8)9-4-5-10/h2-6H,1H3/b6-2-,7-3-,9-4+. The molecule has 0 radical (unpaired) electrons. The SMILES string of the molecule is CO\C=C/C=C(F)\N=C\C=O. The van der Waals surface area contributed by atoms with E-state index in [-0.39, 0.29) is 0 Å². The van der Waals surface area contributed by atoms with Crippen LogP contribution in [0.1, 0.15) is 0 Å². The van der Waals surface area contributed by atoms with Gasteiger partial charge in [-0.15, -0.1) is 0 Å². The summed E-state index contributed by atoms with van der Waals surface area (Å²) >= 11 is 0. The van der Waals surface area contributed by atoms with Gasteiger partial charge < -0.3 is 4.74 Å².